The van der Waals surface area contributed by atoms with Crippen LogP contribution in [0.25, 0.3) is 38.8 Å². The lowest BCUT2D eigenvalue weighted by Gasteiger charge is -2.30. The highest BCUT2D eigenvalue weighted by Gasteiger charge is 2.34. The topological polar surface area (TPSA) is 33.5 Å². The highest BCUT2D eigenvalue weighted by Crippen LogP contribution is 2.50. The first kappa shape index (κ1) is 47.4. The first-order valence-corrected chi connectivity index (χ1v) is 25.8. The summed E-state index contributed by atoms with van der Waals surface area (Å²) < 4.78 is 9.46. The van der Waals surface area contributed by atoms with E-state index in [2.05, 4.69) is 284 Å². The van der Waals surface area contributed by atoms with Gasteiger partial charge >= 0.3 is 0 Å². The minimum atomic E-state index is -0.351. The molecule has 0 saturated carbocycles. The lowest BCUT2D eigenvalue weighted by molar-refractivity contribution is 0.480. The molecule has 0 bridgehead atoms. The molecule has 0 fully saturated rings. The molecule has 5 nitrogen and oxygen atoms in total. The van der Waals surface area contributed by atoms with Gasteiger partial charge in [0.1, 0.15) is 24.0 Å². The SMILES string of the molecule is CC(C)(C)c1ccnc(-n2c3ccccc3c3ccc(Oc4cc(N5CN(c6cc(-c7ccccc7)cc(C(C)(C)c7ccccc7)c6)c6cc(C(C)(C)C)ccc65)cc(C(C)(C)c5ccccc5)c4)cc32)c1. The third kappa shape index (κ3) is 8.86. The zero-order valence-corrected chi connectivity index (χ0v) is 44.0. The van der Waals surface area contributed by atoms with Gasteiger partial charge in [0, 0.05) is 51.3 Å². The second-order valence-electron chi connectivity index (χ2n) is 23.1. The van der Waals surface area contributed by atoms with Crippen molar-refractivity contribution in [1.82, 2.24) is 9.55 Å². The Balaban J connectivity index is 1.07. The molecule has 0 amide bonds. The predicted molar refractivity (Wildman–Crippen MR) is 307 cm³/mol. The molecule has 0 unspecified atom stereocenters. The maximum absolute atomic E-state index is 7.17. The molecule has 10 aromatic rings. The van der Waals surface area contributed by atoms with Crippen LogP contribution in [-0.2, 0) is 21.7 Å². The number of rotatable bonds is 10. The molecule has 0 radical (unpaired) electrons. The molecule has 0 atom stereocenters. The summed E-state index contributed by atoms with van der Waals surface area (Å²) in [6.07, 6.45) is 1.93. The summed E-state index contributed by atoms with van der Waals surface area (Å²) in [5.74, 6) is 2.42. The molecule has 11 rings (SSSR count). The molecule has 1 aliphatic rings. The molecular formula is C68H66N4O. The number of hydrogen-bond acceptors (Lipinski definition) is 4. The minimum Gasteiger partial charge on any atom is -0.457 e. The van der Waals surface area contributed by atoms with E-state index in [1.165, 1.54) is 50.0 Å². The number of aromatic nitrogens is 2. The number of para-hydroxylation sites is 1. The van der Waals surface area contributed by atoms with Crippen molar-refractivity contribution < 1.29 is 4.74 Å². The van der Waals surface area contributed by atoms with Crippen LogP contribution in [0.3, 0.4) is 0 Å². The maximum Gasteiger partial charge on any atom is 0.137 e. The van der Waals surface area contributed by atoms with Crippen molar-refractivity contribution in [2.75, 3.05) is 16.5 Å². The van der Waals surface area contributed by atoms with Gasteiger partial charge in [-0.15, -0.1) is 0 Å². The second kappa shape index (κ2) is 18.0. The number of hydrogen-bond donors (Lipinski definition) is 0. The zero-order chi connectivity index (χ0) is 50.9. The Bertz CT molecular complexity index is 3650. The van der Waals surface area contributed by atoms with Crippen molar-refractivity contribution in [1.29, 1.82) is 0 Å². The first-order chi connectivity index (χ1) is 34.9. The summed E-state index contributed by atoms with van der Waals surface area (Å²) in [6.45, 7) is 23.6. The molecule has 2 aromatic heterocycles. The maximum atomic E-state index is 7.17. The summed E-state index contributed by atoms with van der Waals surface area (Å²) in [5.41, 5.74) is 15.9. The van der Waals surface area contributed by atoms with E-state index in [0.717, 1.165) is 56.4 Å². The Morgan fingerprint density at radius 2 is 0.945 bits per heavy atom. The van der Waals surface area contributed by atoms with Crippen LogP contribution in [-0.4, -0.2) is 16.2 Å². The quantitative estimate of drug-likeness (QED) is 0.137. The van der Waals surface area contributed by atoms with Gasteiger partial charge in [0.25, 0.3) is 0 Å². The van der Waals surface area contributed by atoms with Crippen LogP contribution in [0.1, 0.15) is 103 Å². The highest BCUT2D eigenvalue weighted by atomic mass is 16.5. The Kier molecular flexibility index (Phi) is 11.7. The van der Waals surface area contributed by atoms with Gasteiger partial charge < -0.3 is 14.5 Å². The van der Waals surface area contributed by atoms with Crippen LogP contribution in [0.5, 0.6) is 11.5 Å². The van der Waals surface area contributed by atoms with Gasteiger partial charge in [-0.3, -0.25) is 4.57 Å². The standard InChI is InChI=1S/C68H66N4O/c1-65(2,3)50-30-33-61-63(41-50)71(54-37-47(46-22-14-11-15-23-46)36-52(38-54)67(7,8)48-24-16-12-17-25-48)45-70(61)55-39-53(68(9,10)49-26-18-13-19-27-49)40-57(43-55)73-56-31-32-59-58-28-20-21-29-60(58)72(62(59)44-56)64-42-51(34-35-69-64)66(4,5)6/h11-44H,45H2,1-10H3. The monoisotopic (exact) mass is 955 g/mol. The average molecular weight is 955 g/mol. The molecule has 8 aromatic carbocycles. The molecule has 3 heterocycles. The number of ether oxygens (including phenoxy) is 1. The average Bonchev–Trinajstić information content (AvgIpc) is 3.94. The van der Waals surface area contributed by atoms with Crippen molar-refractivity contribution in [2.24, 2.45) is 0 Å². The summed E-state index contributed by atoms with van der Waals surface area (Å²) in [7, 11) is 0. The van der Waals surface area contributed by atoms with Crippen LogP contribution in [0.15, 0.2) is 206 Å². The van der Waals surface area contributed by atoms with Gasteiger partial charge in [0.15, 0.2) is 0 Å². The first-order valence-electron chi connectivity index (χ1n) is 25.8. The van der Waals surface area contributed by atoms with E-state index in [-0.39, 0.29) is 21.7 Å². The zero-order valence-electron chi connectivity index (χ0n) is 44.0. The lowest BCUT2D eigenvalue weighted by Crippen LogP contribution is -2.26. The van der Waals surface area contributed by atoms with E-state index < -0.39 is 0 Å². The number of pyridine rings is 1. The fourth-order valence-corrected chi connectivity index (χ4v) is 10.7. The Labute approximate surface area is 432 Å². The predicted octanol–water partition coefficient (Wildman–Crippen LogP) is 18.1. The number of anilines is 4. The van der Waals surface area contributed by atoms with Crippen LogP contribution >= 0.6 is 0 Å². The van der Waals surface area contributed by atoms with Crippen molar-refractivity contribution >= 4 is 44.6 Å². The minimum absolute atomic E-state index is 0.0306. The van der Waals surface area contributed by atoms with Gasteiger partial charge in [0.2, 0.25) is 0 Å². The summed E-state index contributed by atoms with van der Waals surface area (Å²) in [4.78, 5) is 9.96. The molecule has 0 aliphatic carbocycles. The summed E-state index contributed by atoms with van der Waals surface area (Å²) in [6, 6.07) is 73.1. The smallest absolute Gasteiger partial charge is 0.137 e. The highest BCUT2D eigenvalue weighted by molar-refractivity contribution is 6.09. The summed E-state index contributed by atoms with van der Waals surface area (Å²) in [5, 5.41) is 2.33. The number of nitrogens with zero attached hydrogens (tertiary/aromatic N) is 4. The molecule has 364 valence electrons. The third-order valence-electron chi connectivity index (χ3n) is 15.4. The van der Waals surface area contributed by atoms with Crippen LogP contribution in [0.2, 0.25) is 0 Å². The summed E-state index contributed by atoms with van der Waals surface area (Å²) >= 11 is 0. The number of benzene rings is 8. The van der Waals surface area contributed by atoms with Crippen molar-refractivity contribution in [3.05, 3.63) is 240 Å². The largest absolute Gasteiger partial charge is 0.457 e. The third-order valence-corrected chi connectivity index (χ3v) is 15.4. The van der Waals surface area contributed by atoms with E-state index in [9.17, 15) is 0 Å². The fourth-order valence-electron chi connectivity index (χ4n) is 10.7. The van der Waals surface area contributed by atoms with Gasteiger partial charge in [-0.1, -0.05) is 191 Å². The molecule has 0 spiro atoms. The van der Waals surface area contributed by atoms with E-state index in [0.29, 0.717) is 6.67 Å². The molecule has 0 N–H and O–H groups in total. The van der Waals surface area contributed by atoms with Crippen molar-refractivity contribution in [3.8, 4) is 28.4 Å². The van der Waals surface area contributed by atoms with E-state index in [1.807, 2.05) is 6.20 Å². The molecule has 1 aliphatic heterocycles. The van der Waals surface area contributed by atoms with Crippen LogP contribution in [0, 0.1) is 0 Å². The van der Waals surface area contributed by atoms with Crippen LogP contribution in [0.4, 0.5) is 22.7 Å². The van der Waals surface area contributed by atoms with E-state index >= 15 is 0 Å². The number of fused-ring (bicyclic) bond motifs is 4. The van der Waals surface area contributed by atoms with E-state index in [1.54, 1.807) is 0 Å². The van der Waals surface area contributed by atoms with Crippen molar-refractivity contribution in [2.45, 2.75) is 90.9 Å². The molecule has 0 saturated heterocycles. The molecular weight excluding hydrogens is 889 g/mol. The van der Waals surface area contributed by atoms with Gasteiger partial charge in [-0.05, 0) is 122 Å². The lowest BCUT2D eigenvalue weighted by atomic mass is 9.77. The van der Waals surface area contributed by atoms with Gasteiger partial charge in [0.05, 0.1) is 22.4 Å². The molecule has 73 heavy (non-hydrogen) atoms. The van der Waals surface area contributed by atoms with Crippen LogP contribution < -0.4 is 14.5 Å². The van der Waals surface area contributed by atoms with E-state index in [4.69, 9.17) is 9.72 Å². The molecule has 5 heteroatoms. The van der Waals surface area contributed by atoms with Crippen molar-refractivity contribution in [3.63, 3.8) is 0 Å². The Hall–Kier alpha value is -7.89. The second-order valence-corrected chi connectivity index (χ2v) is 23.1. The Morgan fingerprint density at radius 3 is 1.60 bits per heavy atom. The fraction of sp³-hybridized carbons (Fsp3) is 0.221. The normalized spacial score (nSPS) is 13.2. The van der Waals surface area contributed by atoms with Gasteiger partial charge in [-0.25, -0.2) is 4.98 Å². The Morgan fingerprint density at radius 1 is 0.384 bits per heavy atom. The van der Waals surface area contributed by atoms with Gasteiger partial charge in [-0.2, -0.15) is 0 Å².